The van der Waals surface area contributed by atoms with Crippen molar-refractivity contribution >= 4 is 23.6 Å². The minimum Gasteiger partial charge on any atom is -0.472 e. The van der Waals surface area contributed by atoms with E-state index in [2.05, 4.69) is 5.32 Å². The summed E-state index contributed by atoms with van der Waals surface area (Å²) in [4.78, 5) is 27.5. The molecular weight excluding hydrogens is 336 g/mol. The van der Waals surface area contributed by atoms with Crippen molar-refractivity contribution in [2.24, 2.45) is 0 Å². The van der Waals surface area contributed by atoms with Crippen molar-refractivity contribution in [2.45, 2.75) is 37.7 Å². The zero-order valence-electron chi connectivity index (χ0n) is 14.3. The van der Waals surface area contributed by atoms with Gasteiger partial charge in [-0.3, -0.25) is 9.59 Å². The average Bonchev–Trinajstić information content (AvgIpc) is 3.30. The van der Waals surface area contributed by atoms with E-state index in [0.29, 0.717) is 11.3 Å². The smallest absolute Gasteiger partial charge is 0.255 e. The van der Waals surface area contributed by atoms with Gasteiger partial charge in [0.25, 0.3) is 5.91 Å². The second-order valence-electron chi connectivity index (χ2n) is 6.15. The molecule has 2 amide bonds. The Morgan fingerprint density at radius 2 is 2.08 bits per heavy atom. The fraction of sp³-hybridized carbons (Fsp3) is 0.368. The molecule has 1 aliphatic rings. The van der Waals surface area contributed by atoms with Crippen LogP contribution in [0.25, 0.3) is 0 Å². The summed E-state index contributed by atoms with van der Waals surface area (Å²) in [5.41, 5.74) is 1.48. The first-order valence-electron chi connectivity index (χ1n) is 8.43. The highest BCUT2D eigenvalue weighted by Gasteiger charge is 2.43. The number of furan rings is 1. The summed E-state index contributed by atoms with van der Waals surface area (Å²) in [6, 6.07) is 10.5. The van der Waals surface area contributed by atoms with Gasteiger partial charge in [0.15, 0.2) is 0 Å². The molecule has 3 atom stereocenters. The van der Waals surface area contributed by atoms with Gasteiger partial charge in [0.2, 0.25) is 5.91 Å². The molecule has 1 aliphatic heterocycles. The Labute approximate surface area is 151 Å². The molecule has 132 valence electrons. The van der Waals surface area contributed by atoms with E-state index in [9.17, 15) is 9.59 Å². The third kappa shape index (κ3) is 3.74. The quantitative estimate of drug-likeness (QED) is 0.889. The van der Waals surface area contributed by atoms with Gasteiger partial charge in [-0.15, -0.1) is 11.8 Å². The number of hydrogen-bond donors (Lipinski definition) is 1. The van der Waals surface area contributed by atoms with Crippen LogP contribution in [0.3, 0.4) is 0 Å². The van der Waals surface area contributed by atoms with Crippen molar-refractivity contribution in [2.75, 3.05) is 5.75 Å². The molecule has 5 nitrogen and oxygen atoms in total. The van der Waals surface area contributed by atoms with E-state index in [1.165, 1.54) is 0 Å². The number of benzene rings is 1. The van der Waals surface area contributed by atoms with Crippen LogP contribution in [-0.4, -0.2) is 34.6 Å². The first-order valence-corrected chi connectivity index (χ1v) is 9.48. The summed E-state index contributed by atoms with van der Waals surface area (Å²) in [6.07, 6.45) is 4.08. The predicted molar refractivity (Wildman–Crippen MR) is 98.2 cm³/mol. The molecule has 25 heavy (non-hydrogen) atoms. The molecule has 1 aromatic heterocycles. The Balaban J connectivity index is 1.90. The number of hydrogen-bond acceptors (Lipinski definition) is 4. The zero-order valence-corrected chi connectivity index (χ0v) is 15.2. The third-order valence-corrected chi connectivity index (χ3v) is 5.71. The SMILES string of the molecule is CCC(C)NC(=O)C1CSC(c2ccoc2)N1C(=O)c1ccccc1. The topological polar surface area (TPSA) is 62.6 Å². The van der Waals surface area contributed by atoms with Gasteiger partial charge in [0.1, 0.15) is 11.4 Å². The number of amides is 2. The van der Waals surface area contributed by atoms with E-state index >= 15 is 0 Å². The lowest BCUT2D eigenvalue weighted by Gasteiger charge is -2.29. The highest BCUT2D eigenvalue weighted by atomic mass is 32.2. The molecule has 3 unspecified atom stereocenters. The van der Waals surface area contributed by atoms with Crippen LogP contribution in [0.4, 0.5) is 0 Å². The number of nitrogens with one attached hydrogen (secondary N) is 1. The van der Waals surface area contributed by atoms with Crippen molar-refractivity contribution in [3.63, 3.8) is 0 Å². The van der Waals surface area contributed by atoms with Crippen LogP contribution >= 0.6 is 11.8 Å². The number of thioether (sulfide) groups is 1. The van der Waals surface area contributed by atoms with Crippen molar-refractivity contribution in [1.29, 1.82) is 0 Å². The Hall–Kier alpha value is -2.21. The van der Waals surface area contributed by atoms with Crippen LogP contribution in [-0.2, 0) is 4.79 Å². The summed E-state index contributed by atoms with van der Waals surface area (Å²) in [5, 5.41) is 2.78. The molecule has 0 radical (unpaired) electrons. The second-order valence-corrected chi connectivity index (χ2v) is 7.27. The molecule has 6 heteroatoms. The monoisotopic (exact) mass is 358 g/mol. The number of nitrogens with zero attached hydrogens (tertiary/aromatic N) is 1. The Bertz CT molecular complexity index is 718. The fourth-order valence-corrected chi connectivity index (χ4v) is 4.21. The molecule has 0 saturated carbocycles. The van der Waals surface area contributed by atoms with Gasteiger partial charge in [-0.05, 0) is 31.5 Å². The van der Waals surface area contributed by atoms with Gasteiger partial charge in [0, 0.05) is 22.9 Å². The van der Waals surface area contributed by atoms with Gasteiger partial charge < -0.3 is 14.6 Å². The maximum absolute atomic E-state index is 13.1. The molecule has 1 aromatic carbocycles. The van der Waals surface area contributed by atoms with Crippen LogP contribution in [0.2, 0.25) is 0 Å². The summed E-state index contributed by atoms with van der Waals surface area (Å²) in [7, 11) is 0. The van der Waals surface area contributed by atoms with E-state index in [4.69, 9.17) is 4.42 Å². The van der Waals surface area contributed by atoms with Crippen molar-refractivity contribution in [3.05, 3.63) is 60.1 Å². The molecule has 2 aromatic rings. The van der Waals surface area contributed by atoms with Gasteiger partial charge >= 0.3 is 0 Å². The van der Waals surface area contributed by atoms with E-state index < -0.39 is 6.04 Å². The third-order valence-electron chi connectivity index (χ3n) is 4.39. The maximum Gasteiger partial charge on any atom is 0.255 e. The van der Waals surface area contributed by atoms with E-state index in [1.807, 2.05) is 38.1 Å². The lowest BCUT2D eigenvalue weighted by atomic mass is 10.1. The first-order chi connectivity index (χ1) is 12.1. The van der Waals surface area contributed by atoms with Crippen molar-refractivity contribution in [3.8, 4) is 0 Å². The van der Waals surface area contributed by atoms with E-state index in [1.54, 1.807) is 41.3 Å². The number of carbonyl (C=O) groups is 2. The highest BCUT2D eigenvalue weighted by Crippen LogP contribution is 2.42. The molecule has 0 spiro atoms. The summed E-state index contributed by atoms with van der Waals surface area (Å²) in [6.45, 7) is 3.99. The predicted octanol–water partition coefficient (Wildman–Crippen LogP) is 3.45. The molecule has 2 heterocycles. The Morgan fingerprint density at radius 1 is 1.32 bits per heavy atom. The normalized spacial score (nSPS) is 21.1. The minimum absolute atomic E-state index is 0.0825. The second kappa shape index (κ2) is 7.78. The number of rotatable bonds is 5. The molecule has 1 fully saturated rings. The molecule has 1 N–H and O–H groups in total. The summed E-state index contributed by atoms with van der Waals surface area (Å²) >= 11 is 1.59. The largest absolute Gasteiger partial charge is 0.472 e. The number of carbonyl (C=O) groups excluding carboxylic acids is 2. The van der Waals surface area contributed by atoms with Crippen LogP contribution in [0.15, 0.2) is 53.3 Å². The van der Waals surface area contributed by atoms with Gasteiger partial charge in [-0.25, -0.2) is 0 Å². The molecule has 1 saturated heterocycles. The first kappa shape index (κ1) is 17.6. The van der Waals surface area contributed by atoms with Crippen molar-refractivity contribution in [1.82, 2.24) is 10.2 Å². The highest BCUT2D eigenvalue weighted by molar-refractivity contribution is 7.99. The Kier molecular flexibility index (Phi) is 5.48. The fourth-order valence-electron chi connectivity index (χ4n) is 2.80. The van der Waals surface area contributed by atoms with Crippen LogP contribution in [0.5, 0.6) is 0 Å². The van der Waals surface area contributed by atoms with Crippen LogP contribution in [0.1, 0.15) is 41.6 Å². The van der Waals surface area contributed by atoms with Gasteiger partial charge in [-0.1, -0.05) is 25.1 Å². The zero-order chi connectivity index (χ0) is 17.8. The lowest BCUT2D eigenvalue weighted by molar-refractivity contribution is -0.125. The standard InChI is InChI=1S/C19H22N2O3S/c1-3-13(2)20-17(22)16-12-25-19(15-9-10-24-11-15)21(16)18(23)14-7-5-4-6-8-14/h4-11,13,16,19H,3,12H2,1-2H3,(H,20,22). The molecular formula is C19H22N2O3S. The van der Waals surface area contributed by atoms with E-state index in [0.717, 1.165) is 12.0 Å². The Morgan fingerprint density at radius 3 is 2.72 bits per heavy atom. The summed E-state index contributed by atoms with van der Waals surface area (Å²) < 4.78 is 5.19. The minimum atomic E-state index is -0.494. The molecule has 3 rings (SSSR count). The van der Waals surface area contributed by atoms with Crippen LogP contribution < -0.4 is 5.32 Å². The van der Waals surface area contributed by atoms with Gasteiger partial charge in [0.05, 0.1) is 12.5 Å². The maximum atomic E-state index is 13.1. The average molecular weight is 358 g/mol. The molecule has 0 aliphatic carbocycles. The summed E-state index contributed by atoms with van der Waals surface area (Å²) in [5.74, 6) is 0.328. The molecule has 0 bridgehead atoms. The van der Waals surface area contributed by atoms with Crippen molar-refractivity contribution < 1.29 is 14.0 Å². The van der Waals surface area contributed by atoms with E-state index in [-0.39, 0.29) is 23.2 Å². The van der Waals surface area contributed by atoms with Gasteiger partial charge in [-0.2, -0.15) is 0 Å². The lowest BCUT2D eigenvalue weighted by Crippen LogP contribution is -2.49. The van der Waals surface area contributed by atoms with Crippen LogP contribution in [0, 0.1) is 0 Å².